The molecule has 15 heavy (non-hydrogen) atoms. The van der Waals surface area contributed by atoms with Gasteiger partial charge in [0.1, 0.15) is 7.22 Å². The molecular weight excluding hydrogens is 218 g/mol. The van der Waals surface area contributed by atoms with Crippen molar-refractivity contribution in [3.05, 3.63) is 0 Å². The molecule has 0 spiro atoms. The van der Waals surface area contributed by atoms with Gasteiger partial charge in [-0.2, -0.15) is 11.2 Å². The Morgan fingerprint density at radius 2 is 1.93 bits per heavy atom. The molecule has 1 atom stereocenters. The number of hydrogen-bond donors (Lipinski definition) is 0. The molecule has 88 valence electrons. The van der Waals surface area contributed by atoms with Gasteiger partial charge in [0, 0.05) is 17.5 Å². The molecule has 1 fully saturated rings. The fourth-order valence-corrected chi connectivity index (χ4v) is 7.36. The summed E-state index contributed by atoms with van der Waals surface area (Å²) in [6.07, 6.45) is 8.78. The van der Waals surface area contributed by atoms with Crippen molar-refractivity contribution >= 4 is 24.6 Å². The summed E-state index contributed by atoms with van der Waals surface area (Å²) in [6.45, 7) is 9.59. The zero-order valence-electron chi connectivity index (χ0n) is 10.6. The summed E-state index contributed by atoms with van der Waals surface area (Å²) in [7, 11) is -0.947. The number of rotatable bonds is 5. The highest BCUT2D eigenvalue weighted by Crippen LogP contribution is 2.26. The van der Waals surface area contributed by atoms with Crippen molar-refractivity contribution in [2.75, 3.05) is 0 Å². The van der Waals surface area contributed by atoms with Gasteiger partial charge >= 0.3 is 0 Å². The van der Waals surface area contributed by atoms with Crippen molar-refractivity contribution in [3.8, 4) is 0 Å². The molecule has 1 aliphatic carbocycles. The summed E-state index contributed by atoms with van der Waals surface area (Å²) in [5, 5.41) is 0.752. The molecule has 0 bridgehead atoms. The van der Waals surface area contributed by atoms with Crippen LogP contribution in [0.25, 0.3) is 0 Å². The van der Waals surface area contributed by atoms with E-state index >= 15 is 0 Å². The second-order valence-corrected chi connectivity index (χ2v) is 15.2. The minimum Gasteiger partial charge on any atom is -0.294 e. The summed E-state index contributed by atoms with van der Waals surface area (Å²) in [5.41, 5.74) is 0. The molecule has 0 N–H and O–H groups in total. The van der Waals surface area contributed by atoms with Crippen LogP contribution < -0.4 is 0 Å². The molecule has 0 aliphatic heterocycles. The molecule has 0 aromatic carbocycles. The van der Waals surface area contributed by atoms with Gasteiger partial charge in [0.05, 0.1) is 0 Å². The lowest BCUT2D eigenvalue weighted by molar-refractivity contribution is 0.707. The molecular formula is C12H25NSSi. The Labute approximate surface area is 99.8 Å². The van der Waals surface area contributed by atoms with E-state index in [1.807, 2.05) is 0 Å². The first-order chi connectivity index (χ1) is 6.97. The van der Waals surface area contributed by atoms with Gasteiger partial charge in [-0.15, -0.1) is 0 Å². The molecule has 0 heterocycles. The highest BCUT2D eigenvalue weighted by molar-refractivity contribution is 8.29. The van der Waals surface area contributed by atoms with Crippen molar-refractivity contribution < 1.29 is 0 Å². The average molecular weight is 243 g/mol. The molecule has 1 aliphatic rings. The predicted octanol–water partition coefficient (Wildman–Crippen LogP) is 4.35. The van der Waals surface area contributed by atoms with E-state index in [2.05, 4.69) is 49.0 Å². The maximum Gasteiger partial charge on any atom is 0.108 e. The third-order valence-corrected chi connectivity index (χ3v) is 7.26. The average Bonchev–Trinajstić information content (AvgIpc) is 2.53. The lowest BCUT2D eigenvalue weighted by Gasteiger charge is -2.19. The maximum absolute atomic E-state index is 4.67. The lowest BCUT2D eigenvalue weighted by atomic mass is 10.2. The minimum absolute atomic E-state index is 0.661. The molecule has 1 saturated carbocycles. The van der Waals surface area contributed by atoms with E-state index in [4.69, 9.17) is 0 Å². The summed E-state index contributed by atoms with van der Waals surface area (Å²) in [4.78, 5) is 4.67. The zero-order chi connectivity index (χ0) is 11.3. The van der Waals surface area contributed by atoms with Gasteiger partial charge in [0.25, 0.3) is 0 Å². The Kier molecular flexibility index (Phi) is 5.40. The van der Waals surface area contributed by atoms with E-state index in [0.29, 0.717) is 6.04 Å². The van der Waals surface area contributed by atoms with Crippen molar-refractivity contribution in [2.45, 2.75) is 70.0 Å². The second kappa shape index (κ2) is 6.09. The zero-order valence-corrected chi connectivity index (χ0v) is 12.4. The van der Waals surface area contributed by atoms with Gasteiger partial charge in [0.15, 0.2) is 0 Å². The molecule has 0 radical (unpaired) electrons. The topological polar surface area (TPSA) is 12.4 Å². The molecule has 3 heteroatoms. The normalized spacial score (nSPS) is 21.3. The Morgan fingerprint density at radius 3 is 2.47 bits per heavy atom. The van der Waals surface area contributed by atoms with Crippen LogP contribution in [-0.2, 0) is 0 Å². The second-order valence-electron chi connectivity index (χ2n) is 5.55. The van der Waals surface area contributed by atoms with Gasteiger partial charge in [0.2, 0.25) is 0 Å². The molecule has 1 nitrogen and oxygen atoms in total. The Balaban J connectivity index is 2.18. The first-order valence-electron chi connectivity index (χ1n) is 6.17. The number of nitrogens with zero attached hydrogens (tertiary/aromatic N) is 1. The van der Waals surface area contributed by atoms with E-state index in [1.165, 1.54) is 25.7 Å². The van der Waals surface area contributed by atoms with E-state index in [-0.39, 0.29) is 0 Å². The molecule has 0 aromatic heterocycles. The van der Waals surface area contributed by atoms with Crippen LogP contribution in [0.15, 0.2) is 4.99 Å². The fourth-order valence-electron chi connectivity index (χ4n) is 2.06. The van der Waals surface area contributed by atoms with E-state index in [9.17, 15) is 0 Å². The standard InChI is InChI=1S/C12H25NSSi/c1-11(14-15(2,3)4)9-10-13-12-7-5-6-8-12/h10-12H,5-9H2,1-4H3. The summed E-state index contributed by atoms with van der Waals surface area (Å²) >= 11 is 2.19. The van der Waals surface area contributed by atoms with Gasteiger partial charge in [-0.1, -0.05) is 39.4 Å². The predicted molar refractivity (Wildman–Crippen MR) is 75.8 cm³/mol. The van der Waals surface area contributed by atoms with Crippen molar-refractivity contribution in [3.63, 3.8) is 0 Å². The van der Waals surface area contributed by atoms with Crippen LogP contribution >= 0.6 is 11.2 Å². The van der Waals surface area contributed by atoms with Crippen LogP contribution in [0.3, 0.4) is 0 Å². The van der Waals surface area contributed by atoms with Crippen LogP contribution in [0, 0.1) is 0 Å². The van der Waals surface area contributed by atoms with Crippen LogP contribution in [-0.4, -0.2) is 24.7 Å². The highest BCUT2D eigenvalue weighted by atomic mass is 32.4. The smallest absolute Gasteiger partial charge is 0.108 e. The van der Waals surface area contributed by atoms with Gasteiger partial charge < -0.3 is 0 Å². The summed E-state index contributed by atoms with van der Waals surface area (Å²) < 4.78 is 0. The summed E-state index contributed by atoms with van der Waals surface area (Å²) in [5.74, 6) is 0. The molecule has 1 rings (SSSR count). The van der Waals surface area contributed by atoms with Gasteiger partial charge in [-0.3, -0.25) is 4.99 Å². The van der Waals surface area contributed by atoms with Crippen LogP contribution in [0.2, 0.25) is 19.6 Å². The van der Waals surface area contributed by atoms with Gasteiger partial charge in [-0.05, 0) is 19.3 Å². The Hall–Kier alpha value is 0.237. The molecule has 1 unspecified atom stereocenters. The highest BCUT2D eigenvalue weighted by Gasteiger charge is 2.17. The van der Waals surface area contributed by atoms with Crippen LogP contribution in [0.5, 0.6) is 0 Å². The number of aliphatic imine (C=N–C) groups is 1. The van der Waals surface area contributed by atoms with E-state index in [1.54, 1.807) is 0 Å². The minimum atomic E-state index is -0.947. The molecule has 0 saturated heterocycles. The Bertz CT molecular complexity index is 204. The quantitative estimate of drug-likeness (QED) is 0.517. The van der Waals surface area contributed by atoms with Crippen LogP contribution in [0.4, 0.5) is 0 Å². The van der Waals surface area contributed by atoms with Crippen molar-refractivity contribution in [1.82, 2.24) is 0 Å². The first kappa shape index (κ1) is 13.3. The largest absolute Gasteiger partial charge is 0.294 e. The monoisotopic (exact) mass is 243 g/mol. The number of hydrogen-bond acceptors (Lipinski definition) is 2. The fraction of sp³-hybridized carbons (Fsp3) is 0.917. The molecule has 0 aromatic rings. The third-order valence-electron chi connectivity index (χ3n) is 2.63. The third kappa shape index (κ3) is 6.41. The van der Waals surface area contributed by atoms with E-state index in [0.717, 1.165) is 11.7 Å². The lowest BCUT2D eigenvalue weighted by Crippen LogP contribution is -2.19. The van der Waals surface area contributed by atoms with Crippen LogP contribution in [0.1, 0.15) is 39.0 Å². The molecule has 0 amide bonds. The first-order valence-corrected chi connectivity index (χ1v) is 11.3. The van der Waals surface area contributed by atoms with Crippen molar-refractivity contribution in [1.29, 1.82) is 0 Å². The van der Waals surface area contributed by atoms with Crippen molar-refractivity contribution in [2.24, 2.45) is 4.99 Å². The maximum atomic E-state index is 4.67. The van der Waals surface area contributed by atoms with E-state index < -0.39 is 7.22 Å². The SMILES string of the molecule is CC(CC=NC1CCCC1)S[Si](C)(C)C. The Morgan fingerprint density at radius 1 is 1.33 bits per heavy atom. The van der Waals surface area contributed by atoms with Gasteiger partial charge in [-0.25, -0.2) is 0 Å². The summed E-state index contributed by atoms with van der Waals surface area (Å²) in [6, 6.07) is 0.661.